The quantitative estimate of drug-likeness (QED) is 0.428. The fourth-order valence-electron chi connectivity index (χ4n) is 1.48. The van der Waals surface area contributed by atoms with Crippen LogP contribution in [-0.2, 0) is 9.53 Å². The summed E-state index contributed by atoms with van der Waals surface area (Å²) < 4.78 is 4.84. The molecule has 0 saturated carbocycles. The molecule has 1 rings (SSSR count). The second-order valence-electron chi connectivity index (χ2n) is 3.92. The largest absolute Gasteiger partial charge is 0.477 e. The van der Waals surface area contributed by atoms with Crippen LogP contribution in [0.2, 0.25) is 0 Å². The van der Waals surface area contributed by atoms with Gasteiger partial charge in [-0.2, -0.15) is 0 Å². The molecule has 1 heterocycles. The summed E-state index contributed by atoms with van der Waals surface area (Å²) in [6.45, 7) is 2.25. The molecule has 0 aliphatic rings. The summed E-state index contributed by atoms with van der Waals surface area (Å²) in [7, 11) is 0. The van der Waals surface area contributed by atoms with E-state index in [0.717, 1.165) is 29.9 Å². The molecule has 0 aromatic carbocycles. The standard InChI is InChI=1S/C13H18O4S2/c1-2-17-12(14)6-4-3-5-7-18-10-8-11(13(15)16)19-9-10/h8-9H,2-7H2,1H3,(H,15,16). The van der Waals surface area contributed by atoms with Crippen molar-refractivity contribution in [3.63, 3.8) is 0 Å². The van der Waals surface area contributed by atoms with Crippen LogP contribution in [0.15, 0.2) is 16.3 Å². The van der Waals surface area contributed by atoms with Crippen LogP contribution in [0.3, 0.4) is 0 Å². The number of ether oxygens (including phenoxy) is 1. The normalized spacial score (nSPS) is 10.4. The monoisotopic (exact) mass is 302 g/mol. The predicted octanol–water partition coefficient (Wildman–Crippen LogP) is 3.66. The third kappa shape index (κ3) is 6.63. The summed E-state index contributed by atoms with van der Waals surface area (Å²) in [6, 6.07) is 1.70. The Labute approximate surface area is 121 Å². The first-order valence-electron chi connectivity index (χ1n) is 6.23. The number of carboxylic acid groups (broad SMARTS) is 1. The van der Waals surface area contributed by atoms with Gasteiger partial charge in [0.2, 0.25) is 0 Å². The van der Waals surface area contributed by atoms with Crippen molar-refractivity contribution >= 4 is 35.0 Å². The van der Waals surface area contributed by atoms with Gasteiger partial charge < -0.3 is 9.84 Å². The van der Waals surface area contributed by atoms with E-state index in [9.17, 15) is 9.59 Å². The third-order valence-corrected chi connectivity index (χ3v) is 4.51. The number of hydrogen-bond acceptors (Lipinski definition) is 5. The molecule has 0 spiro atoms. The Kier molecular flexibility index (Phi) is 7.59. The highest BCUT2D eigenvalue weighted by Gasteiger charge is 2.06. The Balaban J connectivity index is 2.07. The van der Waals surface area contributed by atoms with E-state index >= 15 is 0 Å². The molecule has 1 N–H and O–H groups in total. The number of carbonyl (C=O) groups is 2. The lowest BCUT2D eigenvalue weighted by molar-refractivity contribution is -0.143. The Morgan fingerprint density at radius 3 is 2.79 bits per heavy atom. The van der Waals surface area contributed by atoms with E-state index in [0.29, 0.717) is 17.9 Å². The average molecular weight is 302 g/mol. The van der Waals surface area contributed by atoms with Gasteiger partial charge in [0, 0.05) is 16.7 Å². The lowest BCUT2D eigenvalue weighted by Gasteiger charge is -2.01. The summed E-state index contributed by atoms with van der Waals surface area (Å²) in [4.78, 5) is 23.2. The van der Waals surface area contributed by atoms with Crippen LogP contribution in [0.5, 0.6) is 0 Å². The van der Waals surface area contributed by atoms with Gasteiger partial charge in [-0.15, -0.1) is 23.1 Å². The maximum Gasteiger partial charge on any atom is 0.345 e. The minimum Gasteiger partial charge on any atom is -0.477 e. The first kappa shape index (κ1) is 16.0. The molecule has 0 aliphatic heterocycles. The molecule has 6 heteroatoms. The summed E-state index contributed by atoms with van der Waals surface area (Å²) >= 11 is 2.91. The highest BCUT2D eigenvalue weighted by Crippen LogP contribution is 2.25. The van der Waals surface area contributed by atoms with E-state index in [1.54, 1.807) is 24.8 Å². The number of unbranched alkanes of at least 4 members (excludes halogenated alkanes) is 2. The third-order valence-electron chi connectivity index (χ3n) is 2.39. The number of rotatable bonds is 9. The molecule has 0 fully saturated rings. The van der Waals surface area contributed by atoms with E-state index in [4.69, 9.17) is 9.84 Å². The Bertz CT molecular complexity index is 415. The Hall–Kier alpha value is -1.01. The minimum absolute atomic E-state index is 0.126. The lowest BCUT2D eigenvalue weighted by atomic mass is 10.2. The molecule has 0 saturated heterocycles. The van der Waals surface area contributed by atoms with Crippen LogP contribution in [0, 0.1) is 0 Å². The van der Waals surface area contributed by atoms with Crippen LogP contribution in [0.1, 0.15) is 42.3 Å². The highest BCUT2D eigenvalue weighted by molar-refractivity contribution is 7.99. The number of carbonyl (C=O) groups excluding carboxylic acids is 1. The SMILES string of the molecule is CCOC(=O)CCCCCSc1csc(C(=O)O)c1. The fraction of sp³-hybridized carbons (Fsp3) is 0.538. The van der Waals surface area contributed by atoms with Crippen LogP contribution in [-0.4, -0.2) is 29.4 Å². The van der Waals surface area contributed by atoms with Crippen molar-refractivity contribution in [2.24, 2.45) is 0 Å². The first-order chi connectivity index (χ1) is 9.13. The van der Waals surface area contributed by atoms with Gasteiger partial charge in [-0.25, -0.2) is 4.79 Å². The number of thiophene rings is 1. The summed E-state index contributed by atoms with van der Waals surface area (Å²) in [5.74, 6) is -0.0520. The van der Waals surface area contributed by atoms with E-state index in [1.807, 2.05) is 5.38 Å². The molecule has 106 valence electrons. The smallest absolute Gasteiger partial charge is 0.345 e. The second-order valence-corrected chi connectivity index (χ2v) is 6.00. The molecule has 19 heavy (non-hydrogen) atoms. The van der Waals surface area contributed by atoms with Gasteiger partial charge >= 0.3 is 11.9 Å². The van der Waals surface area contributed by atoms with Gasteiger partial charge in [0.25, 0.3) is 0 Å². The summed E-state index contributed by atoms with van der Waals surface area (Å²) in [5.41, 5.74) is 0. The molecule has 1 aromatic heterocycles. The zero-order valence-electron chi connectivity index (χ0n) is 10.9. The van der Waals surface area contributed by atoms with E-state index in [2.05, 4.69) is 0 Å². The van der Waals surface area contributed by atoms with Crippen molar-refractivity contribution in [3.05, 3.63) is 16.3 Å². The van der Waals surface area contributed by atoms with Crippen molar-refractivity contribution < 1.29 is 19.4 Å². The Morgan fingerprint density at radius 1 is 1.37 bits per heavy atom. The number of hydrogen-bond donors (Lipinski definition) is 1. The molecule has 0 amide bonds. The van der Waals surface area contributed by atoms with E-state index < -0.39 is 5.97 Å². The van der Waals surface area contributed by atoms with Crippen molar-refractivity contribution in [2.45, 2.75) is 37.5 Å². The van der Waals surface area contributed by atoms with Gasteiger partial charge in [-0.05, 0) is 31.6 Å². The maximum atomic E-state index is 11.1. The molecular weight excluding hydrogens is 284 g/mol. The molecule has 1 aromatic rings. The second kappa shape index (κ2) is 8.98. The number of aromatic carboxylic acids is 1. The molecule has 0 bridgehead atoms. The number of carboxylic acids is 1. The van der Waals surface area contributed by atoms with Crippen LogP contribution < -0.4 is 0 Å². The molecule has 0 radical (unpaired) electrons. The van der Waals surface area contributed by atoms with Gasteiger partial charge in [-0.1, -0.05) is 6.42 Å². The van der Waals surface area contributed by atoms with E-state index in [1.165, 1.54) is 11.3 Å². The topological polar surface area (TPSA) is 63.6 Å². The van der Waals surface area contributed by atoms with Gasteiger partial charge in [0.1, 0.15) is 4.88 Å². The van der Waals surface area contributed by atoms with Crippen molar-refractivity contribution in [1.82, 2.24) is 0 Å². The molecule has 0 unspecified atom stereocenters. The van der Waals surface area contributed by atoms with Crippen molar-refractivity contribution in [2.75, 3.05) is 12.4 Å². The van der Waals surface area contributed by atoms with Gasteiger partial charge in [-0.3, -0.25) is 4.79 Å². The molecule has 0 aliphatic carbocycles. The fourth-order valence-corrected chi connectivity index (χ4v) is 3.36. The van der Waals surface area contributed by atoms with E-state index in [-0.39, 0.29) is 5.97 Å². The zero-order chi connectivity index (χ0) is 14.1. The predicted molar refractivity (Wildman–Crippen MR) is 77.1 cm³/mol. The van der Waals surface area contributed by atoms with Crippen molar-refractivity contribution in [3.8, 4) is 0 Å². The van der Waals surface area contributed by atoms with Crippen LogP contribution in [0.25, 0.3) is 0 Å². The molecule has 0 atom stereocenters. The number of esters is 1. The van der Waals surface area contributed by atoms with Gasteiger partial charge in [0.05, 0.1) is 6.61 Å². The number of thioether (sulfide) groups is 1. The maximum absolute atomic E-state index is 11.1. The zero-order valence-corrected chi connectivity index (χ0v) is 12.5. The van der Waals surface area contributed by atoms with Crippen LogP contribution in [0.4, 0.5) is 0 Å². The highest BCUT2D eigenvalue weighted by atomic mass is 32.2. The lowest BCUT2D eigenvalue weighted by Crippen LogP contribution is -2.03. The van der Waals surface area contributed by atoms with Crippen molar-refractivity contribution in [1.29, 1.82) is 0 Å². The average Bonchev–Trinajstić information content (AvgIpc) is 2.83. The van der Waals surface area contributed by atoms with Crippen LogP contribution >= 0.6 is 23.1 Å². The Morgan fingerprint density at radius 2 is 2.16 bits per heavy atom. The summed E-state index contributed by atoms with van der Waals surface area (Å²) in [6.07, 6.45) is 3.34. The first-order valence-corrected chi connectivity index (χ1v) is 8.10. The summed E-state index contributed by atoms with van der Waals surface area (Å²) in [5, 5.41) is 10.7. The minimum atomic E-state index is -0.869. The molecule has 4 nitrogen and oxygen atoms in total. The molecular formula is C13H18O4S2. The van der Waals surface area contributed by atoms with Gasteiger partial charge in [0.15, 0.2) is 0 Å².